The summed E-state index contributed by atoms with van der Waals surface area (Å²) in [7, 11) is 1.82. The fraction of sp³-hybridized carbons (Fsp3) is 0.846. The van der Waals surface area contributed by atoms with E-state index in [-0.39, 0.29) is 5.60 Å². The first-order valence-electron chi connectivity index (χ1n) is 6.22. The summed E-state index contributed by atoms with van der Waals surface area (Å²) in [5.41, 5.74) is 0.0466. The number of hydrogen-bond donors (Lipinski definition) is 1. The molecule has 3 heteroatoms. The van der Waals surface area contributed by atoms with Crippen molar-refractivity contribution in [1.82, 2.24) is 10.2 Å². The summed E-state index contributed by atoms with van der Waals surface area (Å²) in [5.74, 6) is 0. The molecule has 16 heavy (non-hydrogen) atoms. The summed E-state index contributed by atoms with van der Waals surface area (Å²) in [5, 5.41) is 3.38. The Kier molecular flexibility index (Phi) is 5.46. The standard InChI is InChI=1S/C13H26N2O/c1-5-8-14-10-12(2)15-9-6-7-13(3,11-15)16-4/h5,12,14H,1,6-11H2,2-4H3. The summed E-state index contributed by atoms with van der Waals surface area (Å²) in [6.07, 6.45) is 4.31. The fourth-order valence-electron chi connectivity index (χ4n) is 2.31. The van der Waals surface area contributed by atoms with Crippen molar-refractivity contribution in [3.8, 4) is 0 Å². The quantitative estimate of drug-likeness (QED) is 0.550. The number of methoxy groups -OCH3 is 1. The molecule has 1 fully saturated rings. The number of piperidine rings is 1. The Morgan fingerprint density at radius 3 is 3.00 bits per heavy atom. The lowest BCUT2D eigenvalue weighted by atomic mass is 9.94. The van der Waals surface area contributed by atoms with Crippen molar-refractivity contribution in [2.24, 2.45) is 0 Å². The molecule has 2 atom stereocenters. The zero-order chi connectivity index (χ0) is 12.0. The van der Waals surface area contributed by atoms with Crippen LogP contribution in [0, 0.1) is 0 Å². The van der Waals surface area contributed by atoms with E-state index >= 15 is 0 Å². The van der Waals surface area contributed by atoms with Crippen LogP contribution in [0.3, 0.4) is 0 Å². The summed E-state index contributed by atoms with van der Waals surface area (Å²) < 4.78 is 5.61. The first-order valence-corrected chi connectivity index (χ1v) is 6.22. The van der Waals surface area contributed by atoms with Crippen molar-refractivity contribution in [3.63, 3.8) is 0 Å². The minimum absolute atomic E-state index is 0.0466. The Morgan fingerprint density at radius 1 is 1.62 bits per heavy atom. The average Bonchev–Trinajstić information content (AvgIpc) is 2.29. The molecule has 1 saturated heterocycles. The number of hydrogen-bond acceptors (Lipinski definition) is 3. The maximum absolute atomic E-state index is 5.61. The van der Waals surface area contributed by atoms with Crippen LogP contribution in [0.15, 0.2) is 12.7 Å². The van der Waals surface area contributed by atoms with Crippen molar-refractivity contribution in [3.05, 3.63) is 12.7 Å². The van der Waals surface area contributed by atoms with Gasteiger partial charge in [0.2, 0.25) is 0 Å². The molecule has 1 heterocycles. The highest BCUT2D eigenvalue weighted by Crippen LogP contribution is 2.24. The predicted octanol–water partition coefficient (Wildman–Crippen LogP) is 1.65. The molecule has 1 rings (SSSR count). The van der Waals surface area contributed by atoms with Crippen LogP contribution in [-0.4, -0.2) is 49.8 Å². The first kappa shape index (κ1) is 13.7. The maximum atomic E-state index is 5.61. The van der Waals surface area contributed by atoms with E-state index in [1.54, 1.807) is 0 Å². The van der Waals surface area contributed by atoms with Crippen molar-refractivity contribution in [2.75, 3.05) is 33.3 Å². The van der Waals surface area contributed by atoms with Gasteiger partial charge < -0.3 is 10.1 Å². The van der Waals surface area contributed by atoms with Crippen molar-refractivity contribution < 1.29 is 4.74 Å². The minimum atomic E-state index is 0.0466. The molecule has 0 amide bonds. The van der Waals surface area contributed by atoms with E-state index in [1.165, 1.54) is 19.4 Å². The molecule has 3 nitrogen and oxygen atoms in total. The van der Waals surface area contributed by atoms with Crippen LogP contribution < -0.4 is 5.32 Å². The van der Waals surface area contributed by atoms with Gasteiger partial charge in [0.15, 0.2) is 0 Å². The van der Waals surface area contributed by atoms with Gasteiger partial charge in [-0.2, -0.15) is 0 Å². The zero-order valence-electron chi connectivity index (χ0n) is 11.0. The molecule has 0 spiro atoms. The third-order valence-electron chi connectivity index (χ3n) is 3.53. The monoisotopic (exact) mass is 226 g/mol. The Labute approximate surface area is 99.8 Å². The number of nitrogens with zero attached hydrogens (tertiary/aromatic N) is 1. The lowest BCUT2D eigenvalue weighted by Crippen LogP contribution is -2.52. The van der Waals surface area contributed by atoms with Crippen LogP contribution in [0.1, 0.15) is 26.7 Å². The van der Waals surface area contributed by atoms with Gasteiger partial charge in [0.25, 0.3) is 0 Å². The number of ether oxygens (including phenoxy) is 1. The van der Waals surface area contributed by atoms with Gasteiger partial charge in [0, 0.05) is 32.8 Å². The Balaban J connectivity index is 2.37. The molecule has 0 aromatic heterocycles. The van der Waals surface area contributed by atoms with E-state index < -0.39 is 0 Å². The molecule has 0 saturated carbocycles. The number of rotatable bonds is 6. The molecule has 0 radical (unpaired) electrons. The predicted molar refractivity (Wildman–Crippen MR) is 68.7 cm³/mol. The van der Waals surface area contributed by atoms with Gasteiger partial charge in [-0.3, -0.25) is 4.90 Å². The van der Waals surface area contributed by atoms with E-state index in [4.69, 9.17) is 4.74 Å². The molecular formula is C13H26N2O. The number of likely N-dealkylation sites (tertiary alicyclic amines) is 1. The van der Waals surface area contributed by atoms with Gasteiger partial charge in [-0.05, 0) is 33.2 Å². The van der Waals surface area contributed by atoms with Gasteiger partial charge in [-0.15, -0.1) is 6.58 Å². The summed E-state index contributed by atoms with van der Waals surface area (Å²) >= 11 is 0. The molecule has 0 bridgehead atoms. The summed E-state index contributed by atoms with van der Waals surface area (Å²) in [4.78, 5) is 2.52. The Morgan fingerprint density at radius 2 is 2.38 bits per heavy atom. The maximum Gasteiger partial charge on any atom is 0.0777 e. The molecule has 2 unspecified atom stereocenters. The zero-order valence-corrected chi connectivity index (χ0v) is 11.0. The second-order valence-corrected chi connectivity index (χ2v) is 5.02. The highest BCUT2D eigenvalue weighted by Gasteiger charge is 2.32. The van der Waals surface area contributed by atoms with Gasteiger partial charge >= 0.3 is 0 Å². The highest BCUT2D eigenvalue weighted by molar-refractivity contribution is 4.87. The fourth-order valence-corrected chi connectivity index (χ4v) is 2.31. The van der Waals surface area contributed by atoms with Crippen LogP contribution in [-0.2, 0) is 4.74 Å². The van der Waals surface area contributed by atoms with Gasteiger partial charge in [-0.1, -0.05) is 6.08 Å². The SMILES string of the molecule is C=CCNCC(C)N1CCCC(C)(OC)C1. The molecule has 0 aromatic carbocycles. The van der Waals surface area contributed by atoms with E-state index in [9.17, 15) is 0 Å². The van der Waals surface area contributed by atoms with Crippen molar-refractivity contribution in [2.45, 2.75) is 38.3 Å². The summed E-state index contributed by atoms with van der Waals surface area (Å²) in [6, 6.07) is 0.565. The van der Waals surface area contributed by atoms with Gasteiger partial charge in [0.05, 0.1) is 5.60 Å². The van der Waals surface area contributed by atoms with Gasteiger partial charge in [0.1, 0.15) is 0 Å². The second-order valence-electron chi connectivity index (χ2n) is 5.02. The van der Waals surface area contributed by atoms with Crippen molar-refractivity contribution in [1.29, 1.82) is 0 Å². The third-order valence-corrected chi connectivity index (χ3v) is 3.53. The van der Waals surface area contributed by atoms with Crippen LogP contribution in [0.5, 0.6) is 0 Å². The molecule has 1 aliphatic rings. The molecule has 94 valence electrons. The van der Waals surface area contributed by atoms with Gasteiger partial charge in [-0.25, -0.2) is 0 Å². The smallest absolute Gasteiger partial charge is 0.0777 e. The molecule has 0 aromatic rings. The third kappa shape index (κ3) is 3.89. The van der Waals surface area contributed by atoms with Crippen LogP contribution in [0.4, 0.5) is 0 Å². The van der Waals surface area contributed by atoms with Crippen LogP contribution >= 0.6 is 0 Å². The Hall–Kier alpha value is -0.380. The van der Waals surface area contributed by atoms with E-state index in [0.717, 1.165) is 19.6 Å². The van der Waals surface area contributed by atoms with E-state index in [2.05, 4.69) is 30.6 Å². The van der Waals surface area contributed by atoms with Crippen LogP contribution in [0.2, 0.25) is 0 Å². The second kappa shape index (κ2) is 6.38. The molecule has 0 aliphatic carbocycles. The number of nitrogens with one attached hydrogen (secondary N) is 1. The Bertz CT molecular complexity index is 220. The lowest BCUT2D eigenvalue weighted by molar-refractivity contribution is -0.0592. The summed E-state index contributed by atoms with van der Waals surface area (Å²) in [6.45, 7) is 12.3. The largest absolute Gasteiger partial charge is 0.377 e. The lowest BCUT2D eigenvalue weighted by Gasteiger charge is -2.42. The normalized spacial score (nSPS) is 28.9. The molecular weight excluding hydrogens is 200 g/mol. The first-order chi connectivity index (χ1) is 7.61. The molecule has 1 N–H and O–H groups in total. The topological polar surface area (TPSA) is 24.5 Å². The van der Waals surface area contributed by atoms with Crippen LogP contribution in [0.25, 0.3) is 0 Å². The highest BCUT2D eigenvalue weighted by atomic mass is 16.5. The van der Waals surface area contributed by atoms with E-state index in [0.29, 0.717) is 6.04 Å². The van der Waals surface area contributed by atoms with Crippen molar-refractivity contribution >= 4 is 0 Å². The van der Waals surface area contributed by atoms with E-state index in [1.807, 2.05) is 13.2 Å². The minimum Gasteiger partial charge on any atom is -0.377 e. The molecule has 1 aliphatic heterocycles. The average molecular weight is 226 g/mol.